The highest BCUT2D eigenvalue weighted by atomic mass is 16.5. The summed E-state index contributed by atoms with van der Waals surface area (Å²) in [5.41, 5.74) is 7.73. The lowest BCUT2D eigenvalue weighted by Crippen LogP contribution is -2.22. The number of hydrogen-bond acceptors (Lipinski definition) is 4. The number of benzene rings is 1. The van der Waals surface area contributed by atoms with Crippen LogP contribution in [0.5, 0.6) is 5.75 Å². The predicted octanol–water partition coefficient (Wildman–Crippen LogP) is 1.50. The Morgan fingerprint density at radius 1 is 1.41 bits per heavy atom. The van der Waals surface area contributed by atoms with Crippen molar-refractivity contribution in [1.82, 2.24) is 4.90 Å². The maximum Gasteiger partial charge on any atom is 0.123 e. The number of rotatable bonds is 4. The first kappa shape index (κ1) is 12.2. The van der Waals surface area contributed by atoms with Crippen molar-refractivity contribution in [1.29, 1.82) is 0 Å². The van der Waals surface area contributed by atoms with Gasteiger partial charge in [-0.25, -0.2) is 0 Å². The standard InChI is InChI=1S/C13H20N2O2/c1-16-12-5-6-15(9-12)8-10-7-11(14)3-4-13(10)17-2/h3-4,7,12H,5-6,8-9,14H2,1-2H3. The summed E-state index contributed by atoms with van der Waals surface area (Å²) in [6.45, 7) is 2.92. The fourth-order valence-corrected chi connectivity index (χ4v) is 2.30. The van der Waals surface area contributed by atoms with Gasteiger partial charge in [-0.2, -0.15) is 0 Å². The van der Waals surface area contributed by atoms with Gasteiger partial charge < -0.3 is 15.2 Å². The minimum absolute atomic E-state index is 0.363. The number of likely N-dealkylation sites (tertiary alicyclic amines) is 1. The largest absolute Gasteiger partial charge is 0.496 e. The van der Waals surface area contributed by atoms with Crippen LogP contribution < -0.4 is 10.5 Å². The van der Waals surface area contributed by atoms with Gasteiger partial charge in [0.15, 0.2) is 0 Å². The van der Waals surface area contributed by atoms with Crippen molar-refractivity contribution < 1.29 is 9.47 Å². The normalized spacial score (nSPS) is 20.7. The molecule has 1 saturated heterocycles. The van der Waals surface area contributed by atoms with Crippen molar-refractivity contribution in [3.8, 4) is 5.75 Å². The van der Waals surface area contributed by atoms with E-state index in [4.69, 9.17) is 15.2 Å². The number of methoxy groups -OCH3 is 2. The fraction of sp³-hybridized carbons (Fsp3) is 0.538. The van der Waals surface area contributed by atoms with Gasteiger partial charge in [0.25, 0.3) is 0 Å². The van der Waals surface area contributed by atoms with E-state index in [2.05, 4.69) is 4.90 Å². The number of anilines is 1. The van der Waals surface area contributed by atoms with Crippen molar-refractivity contribution in [2.45, 2.75) is 19.1 Å². The van der Waals surface area contributed by atoms with Crippen LogP contribution in [0.4, 0.5) is 5.69 Å². The van der Waals surface area contributed by atoms with E-state index in [1.165, 1.54) is 0 Å². The third-order valence-electron chi connectivity index (χ3n) is 3.26. The zero-order valence-corrected chi connectivity index (χ0v) is 10.5. The zero-order chi connectivity index (χ0) is 12.3. The lowest BCUT2D eigenvalue weighted by Gasteiger charge is -2.17. The molecular formula is C13H20N2O2. The van der Waals surface area contributed by atoms with Crippen LogP contribution in [-0.2, 0) is 11.3 Å². The fourth-order valence-electron chi connectivity index (χ4n) is 2.30. The summed E-state index contributed by atoms with van der Waals surface area (Å²) in [6.07, 6.45) is 1.46. The Kier molecular flexibility index (Phi) is 3.86. The summed E-state index contributed by atoms with van der Waals surface area (Å²) in [7, 11) is 3.46. The van der Waals surface area contributed by atoms with E-state index in [9.17, 15) is 0 Å². The van der Waals surface area contributed by atoms with E-state index in [0.29, 0.717) is 6.10 Å². The first-order valence-electron chi connectivity index (χ1n) is 5.90. The van der Waals surface area contributed by atoms with Crippen LogP contribution in [0.1, 0.15) is 12.0 Å². The van der Waals surface area contributed by atoms with Crippen LogP contribution in [0, 0.1) is 0 Å². The number of nitrogens with two attached hydrogens (primary N) is 1. The van der Waals surface area contributed by atoms with Gasteiger partial charge in [0, 0.05) is 38.0 Å². The lowest BCUT2D eigenvalue weighted by molar-refractivity contribution is 0.107. The van der Waals surface area contributed by atoms with E-state index in [-0.39, 0.29) is 0 Å². The maximum absolute atomic E-state index is 5.81. The molecule has 2 rings (SSSR count). The van der Waals surface area contributed by atoms with Crippen LogP contribution in [0.2, 0.25) is 0 Å². The molecule has 4 nitrogen and oxygen atoms in total. The van der Waals surface area contributed by atoms with Gasteiger partial charge in [-0.3, -0.25) is 4.90 Å². The highest BCUT2D eigenvalue weighted by Crippen LogP contribution is 2.24. The van der Waals surface area contributed by atoms with Crippen LogP contribution in [0.15, 0.2) is 18.2 Å². The molecule has 4 heteroatoms. The smallest absolute Gasteiger partial charge is 0.123 e. The molecule has 94 valence electrons. The van der Waals surface area contributed by atoms with Gasteiger partial charge in [0.1, 0.15) is 5.75 Å². The molecule has 1 heterocycles. The minimum Gasteiger partial charge on any atom is -0.496 e. The molecule has 1 fully saturated rings. The third-order valence-corrected chi connectivity index (χ3v) is 3.26. The highest BCUT2D eigenvalue weighted by molar-refractivity contribution is 5.47. The predicted molar refractivity (Wildman–Crippen MR) is 68.1 cm³/mol. The SMILES string of the molecule is COc1ccc(N)cc1CN1CCC(OC)C1. The molecule has 1 aromatic carbocycles. The van der Waals surface area contributed by atoms with Crippen molar-refractivity contribution in [2.24, 2.45) is 0 Å². The van der Waals surface area contributed by atoms with E-state index in [1.807, 2.05) is 18.2 Å². The van der Waals surface area contributed by atoms with E-state index in [0.717, 1.165) is 43.1 Å². The van der Waals surface area contributed by atoms with Gasteiger partial charge >= 0.3 is 0 Å². The molecule has 1 aromatic rings. The molecule has 0 spiro atoms. The Labute approximate surface area is 102 Å². The Hall–Kier alpha value is -1.26. The molecule has 0 radical (unpaired) electrons. The van der Waals surface area contributed by atoms with Gasteiger partial charge in [-0.05, 0) is 24.6 Å². The molecule has 0 aromatic heterocycles. The molecule has 0 saturated carbocycles. The Bertz CT molecular complexity index is 382. The molecular weight excluding hydrogens is 216 g/mol. The highest BCUT2D eigenvalue weighted by Gasteiger charge is 2.22. The quantitative estimate of drug-likeness (QED) is 0.805. The second-order valence-electron chi connectivity index (χ2n) is 4.45. The van der Waals surface area contributed by atoms with Crippen LogP contribution in [-0.4, -0.2) is 38.3 Å². The Morgan fingerprint density at radius 3 is 2.88 bits per heavy atom. The van der Waals surface area contributed by atoms with Gasteiger partial charge in [0.2, 0.25) is 0 Å². The number of ether oxygens (including phenoxy) is 2. The van der Waals surface area contributed by atoms with E-state index >= 15 is 0 Å². The van der Waals surface area contributed by atoms with Crippen molar-refractivity contribution in [2.75, 3.05) is 33.0 Å². The second kappa shape index (κ2) is 5.38. The zero-order valence-electron chi connectivity index (χ0n) is 10.5. The average molecular weight is 236 g/mol. The topological polar surface area (TPSA) is 47.7 Å². The molecule has 0 bridgehead atoms. The summed E-state index contributed by atoms with van der Waals surface area (Å²) in [5.74, 6) is 0.903. The molecule has 17 heavy (non-hydrogen) atoms. The van der Waals surface area contributed by atoms with Crippen molar-refractivity contribution in [3.63, 3.8) is 0 Å². The Morgan fingerprint density at radius 2 is 2.24 bits per heavy atom. The van der Waals surface area contributed by atoms with E-state index in [1.54, 1.807) is 14.2 Å². The molecule has 2 N–H and O–H groups in total. The van der Waals surface area contributed by atoms with Crippen molar-refractivity contribution in [3.05, 3.63) is 23.8 Å². The number of hydrogen-bond donors (Lipinski definition) is 1. The second-order valence-corrected chi connectivity index (χ2v) is 4.45. The first-order valence-corrected chi connectivity index (χ1v) is 5.90. The monoisotopic (exact) mass is 236 g/mol. The molecule has 0 amide bonds. The van der Waals surface area contributed by atoms with E-state index < -0.39 is 0 Å². The maximum atomic E-state index is 5.81. The molecule has 1 unspecified atom stereocenters. The minimum atomic E-state index is 0.363. The van der Waals surface area contributed by atoms with Crippen LogP contribution in [0.25, 0.3) is 0 Å². The summed E-state index contributed by atoms with van der Waals surface area (Å²) in [6, 6.07) is 5.78. The summed E-state index contributed by atoms with van der Waals surface area (Å²) < 4.78 is 10.7. The summed E-state index contributed by atoms with van der Waals surface area (Å²) >= 11 is 0. The lowest BCUT2D eigenvalue weighted by atomic mass is 10.1. The summed E-state index contributed by atoms with van der Waals surface area (Å²) in [5, 5.41) is 0. The molecule has 1 atom stereocenters. The van der Waals surface area contributed by atoms with Gasteiger partial charge in [-0.1, -0.05) is 0 Å². The van der Waals surface area contributed by atoms with Crippen molar-refractivity contribution >= 4 is 5.69 Å². The number of nitrogens with zero attached hydrogens (tertiary/aromatic N) is 1. The number of nitrogen functional groups attached to an aromatic ring is 1. The van der Waals surface area contributed by atoms with Crippen LogP contribution in [0.3, 0.4) is 0 Å². The van der Waals surface area contributed by atoms with Gasteiger partial charge in [-0.15, -0.1) is 0 Å². The molecule has 0 aliphatic carbocycles. The van der Waals surface area contributed by atoms with Gasteiger partial charge in [0.05, 0.1) is 13.2 Å². The first-order chi connectivity index (χ1) is 8.22. The van der Waals surface area contributed by atoms with Crippen LogP contribution >= 0.6 is 0 Å². The summed E-state index contributed by atoms with van der Waals surface area (Å²) in [4.78, 5) is 2.37. The molecule has 1 aliphatic rings. The third kappa shape index (κ3) is 2.90. The average Bonchev–Trinajstić information content (AvgIpc) is 2.77. The Balaban J connectivity index is 2.05. The molecule has 1 aliphatic heterocycles.